The summed E-state index contributed by atoms with van der Waals surface area (Å²) in [6, 6.07) is 13.3. The van der Waals surface area contributed by atoms with Gasteiger partial charge in [-0.3, -0.25) is 14.9 Å². The van der Waals surface area contributed by atoms with Gasteiger partial charge in [0.1, 0.15) is 5.75 Å². The van der Waals surface area contributed by atoms with Crippen molar-refractivity contribution in [3.8, 4) is 5.75 Å². The normalized spacial score (nSPS) is 10.3. The minimum atomic E-state index is -0.449. The summed E-state index contributed by atoms with van der Waals surface area (Å²) in [6.45, 7) is 0.177. The highest BCUT2D eigenvalue weighted by Crippen LogP contribution is 2.20. The Morgan fingerprint density at radius 1 is 1.13 bits per heavy atom. The Hall–Kier alpha value is -2.89. The minimum Gasteiger partial charge on any atom is -0.508 e. The molecule has 0 radical (unpaired) electrons. The van der Waals surface area contributed by atoms with Crippen molar-refractivity contribution < 1.29 is 14.8 Å². The maximum Gasteiger partial charge on any atom is 0.274 e. The molecule has 2 rings (SSSR count). The fourth-order valence-corrected chi connectivity index (χ4v) is 2.32. The van der Waals surface area contributed by atoms with Crippen LogP contribution < -0.4 is 0 Å². The molecule has 0 unspecified atom stereocenters. The molecule has 0 aliphatic heterocycles. The summed E-state index contributed by atoms with van der Waals surface area (Å²) in [7, 11) is 1.61. The summed E-state index contributed by atoms with van der Waals surface area (Å²) >= 11 is 0. The first-order valence-corrected chi connectivity index (χ1v) is 7.22. The number of hydrogen-bond donors (Lipinski definition) is 1. The summed E-state index contributed by atoms with van der Waals surface area (Å²) in [5.74, 6) is 0.0352. The lowest BCUT2D eigenvalue weighted by molar-refractivity contribution is -0.385. The number of nitro groups is 1. The maximum atomic E-state index is 12.2. The third kappa shape index (κ3) is 4.29. The van der Waals surface area contributed by atoms with E-state index in [1.807, 2.05) is 0 Å². The summed E-state index contributed by atoms with van der Waals surface area (Å²) in [4.78, 5) is 24.2. The lowest BCUT2D eigenvalue weighted by Gasteiger charge is -2.17. The number of carbonyl (C=O) groups is 1. The number of phenols is 1. The topological polar surface area (TPSA) is 83.7 Å². The molecule has 0 heterocycles. The van der Waals surface area contributed by atoms with E-state index in [9.17, 15) is 20.0 Å². The van der Waals surface area contributed by atoms with Crippen molar-refractivity contribution in [2.24, 2.45) is 0 Å². The van der Waals surface area contributed by atoms with Crippen LogP contribution in [0.25, 0.3) is 0 Å². The molecule has 120 valence electrons. The van der Waals surface area contributed by atoms with Gasteiger partial charge < -0.3 is 10.0 Å². The van der Waals surface area contributed by atoms with E-state index in [1.165, 1.54) is 11.0 Å². The number of carbonyl (C=O) groups excluding carboxylic acids is 1. The van der Waals surface area contributed by atoms with Crippen LogP contribution >= 0.6 is 0 Å². The number of rotatable bonds is 6. The highest BCUT2D eigenvalue weighted by atomic mass is 16.6. The molecule has 23 heavy (non-hydrogen) atoms. The van der Waals surface area contributed by atoms with Gasteiger partial charge in [0, 0.05) is 25.1 Å². The van der Waals surface area contributed by atoms with Crippen molar-refractivity contribution in [3.63, 3.8) is 0 Å². The van der Waals surface area contributed by atoms with E-state index < -0.39 is 4.92 Å². The number of hydrogen-bond acceptors (Lipinski definition) is 4. The Bertz CT molecular complexity index is 715. The van der Waals surface area contributed by atoms with E-state index in [0.717, 1.165) is 0 Å². The first-order chi connectivity index (χ1) is 11.0. The molecule has 1 N–H and O–H groups in total. The Morgan fingerprint density at radius 3 is 2.39 bits per heavy atom. The largest absolute Gasteiger partial charge is 0.508 e. The van der Waals surface area contributed by atoms with Gasteiger partial charge in [-0.15, -0.1) is 0 Å². The second-order valence-electron chi connectivity index (χ2n) is 5.26. The Morgan fingerprint density at radius 2 is 1.74 bits per heavy atom. The standard InChI is InChI=1S/C17H18N2O4/c1-18(12-14-7-2-4-8-15(14)19(22)23)17(21)11-10-13-6-3-5-9-16(13)20/h2-9,20H,10-12H2,1H3. The fourth-order valence-electron chi connectivity index (χ4n) is 2.32. The molecular weight excluding hydrogens is 296 g/mol. The highest BCUT2D eigenvalue weighted by Gasteiger charge is 2.17. The summed E-state index contributed by atoms with van der Waals surface area (Å²) in [5.41, 5.74) is 1.21. The van der Waals surface area contributed by atoms with E-state index in [2.05, 4.69) is 0 Å². The number of para-hydroxylation sites is 2. The molecule has 2 aromatic carbocycles. The van der Waals surface area contributed by atoms with E-state index in [4.69, 9.17) is 0 Å². The Balaban J connectivity index is 1.98. The number of aryl methyl sites for hydroxylation is 1. The van der Waals surface area contributed by atoms with Crippen LogP contribution in [0.5, 0.6) is 5.75 Å². The van der Waals surface area contributed by atoms with Crippen molar-refractivity contribution >= 4 is 11.6 Å². The van der Waals surface area contributed by atoms with Gasteiger partial charge in [0.25, 0.3) is 5.69 Å². The first-order valence-electron chi connectivity index (χ1n) is 7.22. The van der Waals surface area contributed by atoms with Gasteiger partial charge in [0.2, 0.25) is 5.91 Å². The summed E-state index contributed by atoms with van der Waals surface area (Å²) in [6.07, 6.45) is 0.654. The van der Waals surface area contributed by atoms with Gasteiger partial charge in [-0.25, -0.2) is 0 Å². The molecule has 0 bridgehead atoms. The monoisotopic (exact) mass is 314 g/mol. The minimum absolute atomic E-state index is 0.00727. The van der Waals surface area contributed by atoms with Crippen LogP contribution in [0.15, 0.2) is 48.5 Å². The third-order valence-corrected chi connectivity index (χ3v) is 3.62. The fraction of sp³-hybridized carbons (Fsp3) is 0.235. The first kappa shape index (κ1) is 16.5. The van der Waals surface area contributed by atoms with E-state index in [1.54, 1.807) is 49.5 Å². The van der Waals surface area contributed by atoms with Crippen molar-refractivity contribution in [3.05, 3.63) is 69.8 Å². The zero-order valence-corrected chi connectivity index (χ0v) is 12.8. The lowest BCUT2D eigenvalue weighted by atomic mass is 10.1. The molecule has 0 saturated carbocycles. The van der Waals surface area contributed by atoms with Crippen molar-refractivity contribution in [1.82, 2.24) is 4.90 Å². The van der Waals surface area contributed by atoms with Crippen molar-refractivity contribution in [2.45, 2.75) is 19.4 Å². The number of phenolic OH excluding ortho intramolecular Hbond substituents is 1. The molecule has 0 aliphatic carbocycles. The highest BCUT2D eigenvalue weighted by molar-refractivity contribution is 5.76. The van der Waals surface area contributed by atoms with Gasteiger partial charge in [0.05, 0.1) is 11.5 Å². The number of benzene rings is 2. The van der Waals surface area contributed by atoms with Crippen molar-refractivity contribution in [1.29, 1.82) is 0 Å². The third-order valence-electron chi connectivity index (χ3n) is 3.62. The van der Waals surface area contributed by atoms with Crippen LogP contribution in [-0.4, -0.2) is 27.9 Å². The Kier molecular flexibility index (Phi) is 5.30. The van der Waals surface area contributed by atoms with Gasteiger partial charge in [-0.1, -0.05) is 36.4 Å². The molecule has 6 nitrogen and oxygen atoms in total. The molecular formula is C17H18N2O4. The lowest BCUT2D eigenvalue weighted by Crippen LogP contribution is -2.26. The summed E-state index contributed by atoms with van der Waals surface area (Å²) < 4.78 is 0. The predicted molar refractivity (Wildman–Crippen MR) is 86.0 cm³/mol. The van der Waals surface area contributed by atoms with Crippen LogP contribution in [0.3, 0.4) is 0 Å². The molecule has 1 amide bonds. The molecule has 0 aromatic heterocycles. The van der Waals surface area contributed by atoms with Crippen molar-refractivity contribution in [2.75, 3.05) is 7.05 Å². The van der Waals surface area contributed by atoms with E-state index in [-0.39, 0.29) is 30.3 Å². The van der Waals surface area contributed by atoms with E-state index >= 15 is 0 Å². The van der Waals surface area contributed by atoms with E-state index in [0.29, 0.717) is 17.5 Å². The zero-order valence-electron chi connectivity index (χ0n) is 12.8. The van der Waals surface area contributed by atoms with Gasteiger partial charge in [-0.2, -0.15) is 0 Å². The smallest absolute Gasteiger partial charge is 0.274 e. The molecule has 0 saturated heterocycles. The van der Waals surface area contributed by atoms with Crippen LogP contribution in [-0.2, 0) is 17.8 Å². The second-order valence-corrected chi connectivity index (χ2v) is 5.26. The van der Waals surface area contributed by atoms with Crippen LogP contribution in [0.1, 0.15) is 17.5 Å². The molecule has 0 atom stereocenters. The van der Waals surface area contributed by atoms with Gasteiger partial charge >= 0.3 is 0 Å². The zero-order chi connectivity index (χ0) is 16.8. The number of amides is 1. The second kappa shape index (κ2) is 7.40. The van der Waals surface area contributed by atoms with Gasteiger partial charge in [-0.05, 0) is 18.1 Å². The molecule has 6 heteroatoms. The SMILES string of the molecule is CN(Cc1ccccc1[N+](=O)[O-])C(=O)CCc1ccccc1O. The molecule has 0 spiro atoms. The number of nitro benzene ring substituents is 1. The van der Waals surface area contributed by atoms with Gasteiger partial charge in [0.15, 0.2) is 0 Å². The average molecular weight is 314 g/mol. The van der Waals surface area contributed by atoms with Crippen LogP contribution in [0, 0.1) is 10.1 Å². The quantitative estimate of drug-likeness (QED) is 0.656. The molecule has 0 fully saturated rings. The number of nitrogens with zero attached hydrogens (tertiary/aromatic N) is 2. The number of aromatic hydroxyl groups is 1. The molecule has 2 aromatic rings. The maximum absolute atomic E-state index is 12.2. The summed E-state index contributed by atoms with van der Waals surface area (Å²) in [5, 5.41) is 20.7. The van der Waals surface area contributed by atoms with Crippen LogP contribution in [0.4, 0.5) is 5.69 Å². The predicted octanol–water partition coefficient (Wildman–Crippen LogP) is 2.89. The molecule has 0 aliphatic rings. The average Bonchev–Trinajstić information content (AvgIpc) is 2.54. The van der Waals surface area contributed by atoms with Crippen LogP contribution in [0.2, 0.25) is 0 Å². The Labute approximate surface area is 134 Å².